The zero-order valence-electron chi connectivity index (χ0n) is 8.09. The molecule has 4 heteroatoms. The van der Waals surface area contributed by atoms with Gasteiger partial charge in [-0.25, -0.2) is 0 Å². The SMILES string of the molecule is O=C1OC(CO)CC1c1ccc(O)cc1. The van der Waals surface area contributed by atoms with Gasteiger partial charge < -0.3 is 14.9 Å². The Morgan fingerprint density at radius 3 is 2.53 bits per heavy atom. The van der Waals surface area contributed by atoms with Crippen LogP contribution in [0.25, 0.3) is 0 Å². The number of carbonyl (C=O) groups excluding carboxylic acids is 1. The highest BCUT2D eigenvalue weighted by Gasteiger charge is 2.34. The summed E-state index contributed by atoms with van der Waals surface area (Å²) in [6.45, 7) is -0.139. The maximum atomic E-state index is 11.4. The molecule has 0 saturated carbocycles. The van der Waals surface area contributed by atoms with E-state index in [4.69, 9.17) is 14.9 Å². The van der Waals surface area contributed by atoms with Crippen LogP contribution in [0.2, 0.25) is 0 Å². The van der Waals surface area contributed by atoms with E-state index in [-0.39, 0.29) is 24.2 Å². The molecule has 0 aromatic heterocycles. The Labute approximate surface area is 87.1 Å². The Balaban J connectivity index is 2.18. The lowest BCUT2D eigenvalue weighted by Crippen LogP contribution is -2.10. The summed E-state index contributed by atoms with van der Waals surface area (Å²) in [7, 11) is 0. The van der Waals surface area contributed by atoms with E-state index in [1.807, 2.05) is 0 Å². The van der Waals surface area contributed by atoms with Crippen LogP contribution in [0.3, 0.4) is 0 Å². The molecule has 1 heterocycles. The summed E-state index contributed by atoms with van der Waals surface area (Å²) in [4.78, 5) is 11.4. The normalized spacial score (nSPS) is 25.3. The third kappa shape index (κ3) is 1.94. The van der Waals surface area contributed by atoms with Gasteiger partial charge in [-0.05, 0) is 17.7 Å². The first-order valence-electron chi connectivity index (χ1n) is 4.81. The number of hydrogen-bond acceptors (Lipinski definition) is 4. The molecule has 2 atom stereocenters. The number of ether oxygens (including phenoxy) is 1. The highest BCUT2D eigenvalue weighted by molar-refractivity contribution is 5.80. The van der Waals surface area contributed by atoms with E-state index < -0.39 is 6.10 Å². The van der Waals surface area contributed by atoms with Gasteiger partial charge in [-0.15, -0.1) is 0 Å². The molecular formula is C11H12O4. The number of rotatable bonds is 2. The van der Waals surface area contributed by atoms with Gasteiger partial charge in [-0.1, -0.05) is 12.1 Å². The van der Waals surface area contributed by atoms with Gasteiger partial charge in [-0.3, -0.25) is 4.79 Å². The number of hydrogen-bond donors (Lipinski definition) is 2. The second-order valence-electron chi connectivity index (χ2n) is 3.62. The van der Waals surface area contributed by atoms with E-state index >= 15 is 0 Å². The summed E-state index contributed by atoms with van der Waals surface area (Å²) in [6.07, 6.45) is 0.108. The van der Waals surface area contributed by atoms with Crippen molar-refractivity contribution in [2.75, 3.05) is 6.61 Å². The minimum Gasteiger partial charge on any atom is -0.508 e. The van der Waals surface area contributed by atoms with Crippen molar-refractivity contribution in [3.05, 3.63) is 29.8 Å². The minimum absolute atomic E-state index is 0.139. The van der Waals surface area contributed by atoms with Crippen molar-refractivity contribution in [3.8, 4) is 5.75 Å². The van der Waals surface area contributed by atoms with Crippen LogP contribution < -0.4 is 0 Å². The molecule has 1 aromatic carbocycles. The van der Waals surface area contributed by atoms with Crippen LogP contribution in [0.4, 0.5) is 0 Å². The Hall–Kier alpha value is -1.55. The minimum atomic E-state index is -0.392. The summed E-state index contributed by atoms with van der Waals surface area (Å²) in [6, 6.07) is 6.46. The van der Waals surface area contributed by atoms with Gasteiger partial charge in [0.05, 0.1) is 12.5 Å². The first-order chi connectivity index (χ1) is 7.20. The quantitative estimate of drug-likeness (QED) is 0.705. The number of benzene rings is 1. The fourth-order valence-corrected chi connectivity index (χ4v) is 1.74. The highest BCUT2D eigenvalue weighted by Crippen LogP contribution is 2.31. The topological polar surface area (TPSA) is 66.8 Å². The molecule has 1 fully saturated rings. The van der Waals surface area contributed by atoms with E-state index in [0.717, 1.165) is 5.56 Å². The van der Waals surface area contributed by atoms with Crippen LogP contribution in [0.5, 0.6) is 5.75 Å². The molecule has 4 nitrogen and oxygen atoms in total. The average Bonchev–Trinajstić information content (AvgIpc) is 2.61. The highest BCUT2D eigenvalue weighted by atomic mass is 16.6. The molecule has 80 valence electrons. The lowest BCUT2D eigenvalue weighted by Gasteiger charge is -2.05. The molecule has 1 aliphatic heterocycles. The van der Waals surface area contributed by atoms with Crippen LogP contribution in [-0.4, -0.2) is 28.9 Å². The number of aliphatic hydroxyl groups is 1. The Morgan fingerprint density at radius 2 is 2.00 bits per heavy atom. The number of aromatic hydroxyl groups is 1. The fraction of sp³-hybridized carbons (Fsp3) is 0.364. The largest absolute Gasteiger partial charge is 0.508 e. The van der Waals surface area contributed by atoms with Crippen molar-refractivity contribution >= 4 is 5.97 Å². The van der Waals surface area contributed by atoms with Crippen molar-refractivity contribution < 1.29 is 19.7 Å². The summed E-state index contributed by atoms with van der Waals surface area (Å²) >= 11 is 0. The van der Waals surface area contributed by atoms with Crippen molar-refractivity contribution in [1.82, 2.24) is 0 Å². The van der Waals surface area contributed by atoms with Crippen molar-refractivity contribution in [3.63, 3.8) is 0 Å². The Bertz CT molecular complexity index is 357. The predicted molar refractivity (Wildman–Crippen MR) is 52.4 cm³/mol. The lowest BCUT2D eigenvalue weighted by atomic mass is 9.96. The Morgan fingerprint density at radius 1 is 1.33 bits per heavy atom. The summed E-state index contributed by atoms with van der Waals surface area (Å²) in [5.41, 5.74) is 0.814. The van der Waals surface area contributed by atoms with Gasteiger partial charge >= 0.3 is 5.97 Å². The fourth-order valence-electron chi connectivity index (χ4n) is 1.74. The van der Waals surface area contributed by atoms with Crippen molar-refractivity contribution in [1.29, 1.82) is 0 Å². The molecule has 2 unspecified atom stereocenters. The number of cyclic esters (lactones) is 1. The average molecular weight is 208 g/mol. The first kappa shape index (κ1) is 9.98. The summed E-state index contributed by atoms with van der Waals surface area (Å²) in [5, 5.41) is 18.0. The van der Waals surface area contributed by atoms with Gasteiger partial charge in [0, 0.05) is 6.42 Å². The van der Waals surface area contributed by atoms with Crippen LogP contribution in [0, 0.1) is 0 Å². The van der Waals surface area contributed by atoms with E-state index in [1.165, 1.54) is 12.1 Å². The molecule has 1 aliphatic rings. The number of carbonyl (C=O) groups is 1. The van der Waals surface area contributed by atoms with Gasteiger partial charge in [0.25, 0.3) is 0 Å². The van der Waals surface area contributed by atoms with E-state index in [0.29, 0.717) is 6.42 Å². The van der Waals surface area contributed by atoms with Crippen molar-refractivity contribution in [2.45, 2.75) is 18.4 Å². The third-order valence-electron chi connectivity index (χ3n) is 2.57. The predicted octanol–water partition coefficient (Wildman–Crippen LogP) is 0.784. The van der Waals surface area contributed by atoms with E-state index in [2.05, 4.69) is 0 Å². The van der Waals surface area contributed by atoms with Gasteiger partial charge in [-0.2, -0.15) is 0 Å². The van der Waals surface area contributed by atoms with Crippen LogP contribution in [-0.2, 0) is 9.53 Å². The molecule has 0 spiro atoms. The zero-order valence-corrected chi connectivity index (χ0v) is 8.09. The molecule has 0 bridgehead atoms. The molecule has 15 heavy (non-hydrogen) atoms. The lowest BCUT2D eigenvalue weighted by molar-refractivity contribution is -0.143. The maximum Gasteiger partial charge on any atom is 0.313 e. The second kappa shape index (κ2) is 3.90. The molecule has 0 aliphatic carbocycles. The monoisotopic (exact) mass is 208 g/mol. The molecule has 0 amide bonds. The zero-order chi connectivity index (χ0) is 10.8. The third-order valence-corrected chi connectivity index (χ3v) is 2.57. The molecule has 1 saturated heterocycles. The number of phenolic OH excluding ortho intramolecular Hbond substituents is 1. The van der Waals surface area contributed by atoms with Gasteiger partial charge in [0.15, 0.2) is 0 Å². The van der Waals surface area contributed by atoms with Gasteiger partial charge in [0.2, 0.25) is 0 Å². The molecule has 2 N–H and O–H groups in total. The molecular weight excluding hydrogens is 196 g/mol. The molecule has 1 aromatic rings. The first-order valence-corrected chi connectivity index (χ1v) is 4.81. The standard InChI is InChI=1S/C11H12O4/c12-6-9-5-10(11(14)15-9)7-1-3-8(13)4-2-7/h1-4,9-10,12-13H,5-6H2. The maximum absolute atomic E-state index is 11.4. The molecule has 2 rings (SSSR count). The van der Waals surface area contributed by atoms with Crippen molar-refractivity contribution in [2.24, 2.45) is 0 Å². The number of aliphatic hydroxyl groups excluding tert-OH is 1. The van der Waals surface area contributed by atoms with E-state index in [1.54, 1.807) is 12.1 Å². The van der Waals surface area contributed by atoms with Crippen LogP contribution >= 0.6 is 0 Å². The number of esters is 1. The smallest absolute Gasteiger partial charge is 0.313 e. The summed E-state index contributed by atoms with van der Waals surface area (Å²) < 4.78 is 4.96. The Kier molecular flexibility index (Phi) is 2.60. The molecule has 0 radical (unpaired) electrons. The van der Waals surface area contributed by atoms with E-state index in [9.17, 15) is 4.79 Å². The van der Waals surface area contributed by atoms with Crippen LogP contribution in [0.15, 0.2) is 24.3 Å². The van der Waals surface area contributed by atoms with Crippen LogP contribution in [0.1, 0.15) is 17.9 Å². The number of phenols is 1. The second-order valence-corrected chi connectivity index (χ2v) is 3.62. The summed E-state index contributed by atoms with van der Waals surface area (Å²) in [5.74, 6) is -0.452. The van der Waals surface area contributed by atoms with Gasteiger partial charge in [0.1, 0.15) is 11.9 Å².